The second-order valence-corrected chi connectivity index (χ2v) is 6.36. The van der Waals surface area contributed by atoms with Crippen molar-refractivity contribution >= 4 is 12.0 Å². The summed E-state index contributed by atoms with van der Waals surface area (Å²) in [6.45, 7) is 6.07. The molecular formula is C13H22N2O4. The van der Waals surface area contributed by atoms with Crippen molar-refractivity contribution in [3.05, 3.63) is 0 Å². The number of aliphatic hydroxyl groups excluding tert-OH is 1. The Morgan fingerprint density at radius 2 is 1.89 bits per heavy atom. The summed E-state index contributed by atoms with van der Waals surface area (Å²) < 4.78 is 5.18. The van der Waals surface area contributed by atoms with E-state index in [1.54, 1.807) is 25.7 Å². The SMILES string of the molecule is CC(C)(C)OC(=O)N[C@H](C(=O)N1CC(O)C1)C1CC1. The summed E-state index contributed by atoms with van der Waals surface area (Å²) in [4.78, 5) is 25.5. The van der Waals surface area contributed by atoms with Crippen LogP contribution < -0.4 is 5.32 Å². The van der Waals surface area contributed by atoms with E-state index in [9.17, 15) is 14.7 Å². The summed E-state index contributed by atoms with van der Waals surface area (Å²) >= 11 is 0. The Morgan fingerprint density at radius 3 is 2.32 bits per heavy atom. The van der Waals surface area contributed by atoms with E-state index < -0.39 is 23.8 Å². The summed E-state index contributed by atoms with van der Waals surface area (Å²) in [5.74, 6) is 0.0939. The van der Waals surface area contributed by atoms with Crippen molar-refractivity contribution in [2.45, 2.75) is 51.4 Å². The molecule has 2 N–H and O–H groups in total. The molecule has 108 valence electrons. The minimum Gasteiger partial charge on any atom is -0.444 e. The molecule has 1 heterocycles. The van der Waals surface area contributed by atoms with Crippen LogP contribution in [0.3, 0.4) is 0 Å². The van der Waals surface area contributed by atoms with E-state index in [1.807, 2.05) is 0 Å². The van der Waals surface area contributed by atoms with E-state index >= 15 is 0 Å². The molecule has 2 rings (SSSR count). The van der Waals surface area contributed by atoms with E-state index in [0.29, 0.717) is 13.1 Å². The molecule has 1 atom stereocenters. The Kier molecular flexibility index (Phi) is 3.71. The first kappa shape index (κ1) is 14.1. The highest BCUT2D eigenvalue weighted by Crippen LogP contribution is 2.34. The number of ether oxygens (including phenoxy) is 1. The highest BCUT2D eigenvalue weighted by Gasteiger charge is 2.42. The Bertz CT molecular complexity index is 367. The molecule has 6 nitrogen and oxygen atoms in total. The number of carbonyl (C=O) groups excluding carboxylic acids is 2. The maximum absolute atomic E-state index is 12.2. The third kappa shape index (κ3) is 3.83. The predicted octanol–water partition coefficient (Wildman–Crippen LogP) is 0.493. The zero-order valence-corrected chi connectivity index (χ0v) is 11.7. The van der Waals surface area contributed by atoms with Crippen molar-refractivity contribution < 1.29 is 19.4 Å². The lowest BCUT2D eigenvalue weighted by molar-refractivity contribution is -0.144. The summed E-state index contributed by atoms with van der Waals surface area (Å²) in [6.07, 6.45) is 0.912. The van der Waals surface area contributed by atoms with Crippen molar-refractivity contribution in [2.75, 3.05) is 13.1 Å². The lowest BCUT2D eigenvalue weighted by Gasteiger charge is -2.38. The first-order valence-corrected chi connectivity index (χ1v) is 6.72. The molecule has 0 aromatic carbocycles. The molecule has 2 aliphatic rings. The fourth-order valence-electron chi connectivity index (χ4n) is 2.08. The van der Waals surface area contributed by atoms with Crippen LogP contribution in [-0.4, -0.2) is 52.8 Å². The van der Waals surface area contributed by atoms with Gasteiger partial charge in [0.15, 0.2) is 0 Å². The van der Waals surface area contributed by atoms with Gasteiger partial charge in [0.2, 0.25) is 5.91 Å². The normalized spacial score (nSPS) is 21.6. The highest BCUT2D eigenvalue weighted by molar-refractivity contribution is 5.87. The number of carbonyl (C=O) groups is 2. The van der Waals surface area contributed by atoms with Crippen LogP contribution in [0.15, 0.2) is 0 Å². The number of rotatable bonds is 3. The Labute approximate surface area is 113 Å². The smallest absolute Gasteiger partial charge is 0.408 e. The molecule has 1 aliphatic heterocycles. The Hall–Kier alpha value is -1.30. The molecular weight excluding hydrogens is 248 g/mol. The number of likely N-dealkylation sites (tertiary alicyclic amines) is 1. The van der Waals surface area contributed by atoms with Crippen molar-refractivity contribution in [3.8, 4) is 0 Å². The van der Waals surface area contributed by atoms with Crippen molar-refractivity contribution in [3.63, 3.8) is 0 Å². The van der Waals surface area contributed by atoms with Gasteiger partial charge in [-0.1, -0.05) is 0 Å². The van der Waals surface area contributed by atoms with Crippen molar-refractivity contribution in [1.82, 2.24) is 10.2 Å². The van der Waals surface area contributed by atoms with Gasteiger partial charge in [-0.25, -0.2) is 4.79 Å². The zero-order valence-electron chi connectivity index (χ0n) is 11.7. The molecule has 2 fully saturated rings. The average Bonchev–Trinajstić information content (AvgIpc) is 3.01. The number of aliphatic hydroxyl groups is 1. The minimum absolute atomic E-state index is 0.112. The van der Waals surface area contributed by atoms with Gasteiger partial charge < -0.3 is 20.1 Å². The van der Waals surface area contributed by atoms with Gasteiger partial charge in [-0.15, -0.1) is 0 Å². The first-order chi connectivity index (χ1) is 8.76. The van der Waals surface area contributed by atoms with E-state index in [1.165, 1.54) is 0 Å². The molecule has 0 aromatic rings. The highest BCUT2D eigenvalue weighted by atomic mass is 16.6. The van der Waals surface area contributed by atoms with E-state index in [2.05, 4.69) is 5.32 Å². The van der Waals surface area contributed by atoms with Gasteiger partial charge in [0.05, 0.1) is 6.10 Å². The third-order valence-corrected chi connectivity index (χ3v) is 3.21. The number of nitrogens with zero attached hydrogens (tertiary/aromatic N) is 1. The van der Waals surface area contributed by atoms with E-state index in [0.717, 1.165) is 12.8 Å². The van der Waals surface area contributed by atoms with Crippen LogP contribution in [0.1, 0.15) is 33.6 Å². The molecule has 0 spiro atoms. The van der Waals surface area contributed by atoms with Gasteiger partial charge in [-0.2, -0.15) is 0 Å². The summed E-state index contributed by atoms with van der Waals surface area (Å²) in [6, 6.07) is -0.512. The molecule has 0 radical (unpaired) electrons. The fraction of sp³-hybridized carbons (Fsp3) is 0.846. The van der Waals surface area contributed by atoms with Gasteiger partial charge >= 0.3 is 6.09 Å². The lowest BCUT2D eigenvalue weighted by Crippen LogP contribution is -2.60. The topological polar surface area (TPSA) is 78.9 Å². The maximum Gasteiger partial charge on any atom is 0.408 e. The maximum atomic E-state index is 12.2. The Morgan fingerprint density at radius 1 is 1.32 bits per heavy atom. The third-order valence-electron chi connectivity index (χ3n) is 3.21. The van der Waals surface area contributed by atoms with Gasteiger partial charge in [-0.05, 0) is 39.5 Å². The van der Waals surface area contributed by atoms with Crippen LogP contribution >= 0.6 is 0 Å². The van der Waals surface area contributed by atoms with E-state index in [4.69, 9.17) is 4.74 Å². The molecule has 0 aromatic heterocycles. The molecule has 0 bridgehead atoms. The molecule has 0 unspecified atom stereocenters. The minimum atomic E-state index is -0.575. The first-order valence-electron chi connectivity index (χ1n) is 6.72. The van der Waals surface area contributed by atoms with Crippen molar-refractivity contribution in [1.29, 1.82) is 0 Å². The Balaban J connectivity index is 1.89. The lowest BCUT2D eigenvalue weighted by atomic mass is 10.1. The molecule has 1 saturated heterocycles. The number of nitrogens with one attached hydrogen (secondary N) is 1. The van der Waals surface area contributed by atoms with Gasteiger partial charge in [0.25, 0.3) is 0 Å². The summed E-state index contributed by atoms with van der Waals surface area (Å²) in [5.41, 5.74) is -0.575. The van der Waals surface area contributed by atoms with E-state index in [-0.39, 0.29) is 11.8 Å². The second-order valence-electron chi connectivity index (χ2n) is 6.36. The molecule has 6 heteroatoms. The van der Waals surface area contributed by atoms with Gasteiger partial charge in [-0.3, -0.25) is 4.79 Å². The van der Waals surface area contributed by atoms with Gasteiger partial charge in [0.1, 0.15) is 11.6 Å². The number of alkyl carbamates (subject to hydrolysis) is 1. The van der Waals surface area contributed by atoms with Crippen LogP contribution in [0.25, 0.3) is 0 Å². The van der Waals surface area contributed by atoms with Gasteiger partial charge in [0, 0.05) is 13.1 Å². The van der Waals surface area contributed by atoms with Crippen LogP contribution in [0, 0.1) is 5.92 Å². The number of hydrogen-bond donors (Lipinski definition) is 2. The number of hydrogen-bond acceptors (Lipinski definition) is 4. The number of β-amino-alcohol motifs (C(OH)–C–C–N with tert-alkyl or cyclic N) is 1. The van der Waals surface area contributed by atoms with Crippen LogP contribution in [0.2, 0.25) is 0 Å². The molecule has 19 heavy (non-hydrogen) atoms. The molecule has 1 saturated carbocycles. The molecule has 2 amide bonds. The standard InChI is InChI=1S/C13H22N2O4/c1-13(2,3)19-12(18)14-10(8-4-5-8)11(17)15-6-9(16)7-15/h8-10,16H,4-7H2,1-3H3,(H,14,18)/t10-/m0/s1. The van der Waals surface area contributed by atoms with Crippen LogP contribution in [-0.2, 0) is 9.53 Å². The summed E-state index contributed by atoms with van der Waals surface area (Å²) in [5, 5.41) is 11.9. The largest absolute Gasteiger partial charge is 0.444 e. The fourth-order valence-corrected chi connectivity index (χ4v) is 2.08. The van der Waals surface area contributed by atoms with Crippen molar-refractivity contribution in [2.24, 2.45) is 5.92 Å². The predicted molar refractivity (Wildman–Crippen MR) is 68.5 cm³/mol. The second kappa shape index (κ2) is 5.00. The quantitative estimate of drug-likeness (QED) is 0.782. The monoisotopic (exact) mass is 270 g/mol. The van der Waals surface area contributed by atoms with Crippen LogP contribution in [0.5, 0.6) is 0 Å². The molecule has 1 aliphatic carbocycles. The van der Waals surface area contributed by atoms with Crippen LogP contribution in [0.4, 0.5) is 4.79 Å². The zero-order chi connectivity index (χ0) is 14.2. The number of amides is 2. The summed E-state index contributed by atoms with van der Waals surface area (Å²) in [7, 11) is 0. The average molecular weight is 270 g/mol.